The molecule has 0 radical (unpaired) electrons. The van der Waals surface area contributed by atoms with Crippen molar-refractivity contribution in [3.63, 3.8) is 0 Å². The van der Waals surface area contributed by atoms with E-state index in [9.17, 15) is 4.79 Å². The lowest BCUT2D eigenvalue weighted by atomic mass is 10.2. The Labute approximate surface area is 145 Å². The third-order valence-corrected chi connectivity index (χ3v) is 3.74. The van der Waals surface area contributed by atoms with Crippen molar-refractivity contribution < 1.29 is 14.3 Å². The maximum Gasteiger partial charge on any atom is 0.265 e. The van der Waals surface area contributed by atoms with Gasteiger partial charge < -0.3 is 14.8 Å². The van der Waals surface area contributed by atoms with Crippen LogP contribution in [0.3, 0.4) is 0 Å². The molecular weight excluding hydrogens is 337 g/mol. The monoisotopic (exact) mass is 353 g/mol. The lowest BCUT2D eigenvalue weighted by Gasteiger charge is -2.19. The smallest absolute Gasteiger partial charge is 0.265 e. The van der Waals surface area contributed by atoms with Gasteiger partial charge in [0.15, 0.2) is 17.6 Å². The van der Waals surface area contributed by atoms with Crippen molar-refractivity contribution in [3.05, 3.63) is 52.5 Å². The second kappa shape index (κ2) is 8.09. The average molecular weight is 354 g/mol. The fourth-order valence-corrected chi connectivity index (χ4v) is 2.45. The zero-order valence-corrected chi connectivity index (χ0v) is 14.3. The molecular formula is C17H17Cl2NO3. The van der Waals surface area contributed by atoms with E-state index in [0.29, 0.717) is 33.7 Å². The molecule has 1 unspecified atom stereocenters. The van der Waals surface area contributed by atoms with Crippen molar-refractivity contribution in [2.75, 3.05) is 12.4 Å². The molecule has 0 aliphatic rings. The number of hydrogen-bond donors (Lipinski definition) is 1. The van der Waals surface area contributed by atoms with Crippen LogP contribution in [0, 0.1) is 0 Å². The molecule has 6 heteroatoms. The molecule has 1 amide bonds. The number of anilines is 1. The molecule has 0 aromatic heterocycles. The van der Waals surface area contributed by atoms with Crippen LogP contribution < -0.4 is 14.8 Å². The van der Waals surface area contributed by atoms with Crippen molar-refractivity contribution in [2.45, 2.75) is 19.4 Å². The fourth-order valence-electron chi connectivity index (χ4n) is 2.00. The molecule has 0 saturated heterocycles. The summed E-state index contributed by atoms with van der Waals surface area (Å²) in [5, 5.41) is 3.63. The van der Waals surface area contributed by atoms with E-state index in [1.54, 1.807) is 37.4 Å². The molecule has 0 fully saturated rings. The summed E-state index contributed by atoms with van der Waals surface area (Å²) in [4.78, 5) is 12.4. The molecule has 0 spiro atoms. The van der Waals surface area contributed by atoms with Crippen molar-refractivity contribution in [2.24, 2.45) is 0 Å². The number of ether oxygens (including phenoxy) is 2. The Balaban J connectivity index is 2.12. The van der Waals surface area contributed by atoms with Crippen molar-refractivity contribution in [3.8, 4) is 11.5 Å². The highest BCUT2D eigenvalue weighted by atomic mass is 35.5. The molecule has 1 N–H and O–H groups in total. The van der Waals surface area contributed by atoms with E-state index in [4.69, 9.17) is 32.7 Å². The van der Waals surface area contributed by atoms with Gasteiger partial charge in [0.1, 0.15) is 0 Å². The predicted octanol–water partition coefficient (Wildman–Crippen LogP) is 4.80. The molecule has 23 heavy (non-hydrogen) atoms. The summed E-state index contributed by atoms with van der Waals surface area (Å²) < 4.78 is 11.0. The first-order valence-corrected chi connectivity index (χ1v) is 7.86. The molecule has 2 rings (SSSR count). The SMILES string of the molecule is CCC(Oc1ccccc1OC)C(=O)Nc1ccc(Cl)cc1Cl. The molecule has 1 atom stereocenters. The normalized spacial score (nSPS) is 11.7. The number of methoxy groups -OCH3 is 1. The lowest BCUT2D eigenvalue weighted by Crippen LogP contribution is -2.32. The number of benzene rings is 2. The molecule has 122 valence electrons. The average Bonchev–Trinajstić information content (AvgIpc) is 2.55. The molecule has 2 aromatic rings. The number of hydrogen-bond acceptors (Lipinski definition) is 3. The maximum absolute atomic E-state index is 12.4. The number of carbonyl (C=O) groups is 1. The number of para-hydroxylation sites is 2. The van der Waals surface area contributed by atoms with Crippen molar-refractivity contribution in [1.82, 2.24) is 0 Å². The highest BCUT2D eigenvalue weighted by molar-refractivity contribution is 6.36. The second-order valence-corrected chi connectivity index (χ2v) is 5.62. The van der Waals surface area contributed by atoms with Gasteiger partial charge in [0.2, 0.25) is 0 Å². The first-order valence-electron chi connectivity index (χ1n) is 7.10. The van der Waals surface area contributed by atoms with E-state index < -0.39 is 6.10 Å². The third-order valence-electron chi connectivity index (χ3n) is 3.19. The van der Waals surface area contributed by atoms with Gasteiger partial charge in [-0.05, 0) is 36.8 Å². The predicted molar refractivity (Wildman–Crippen MR) is 92.8 cm³/mol. The van der Waals surface area contributed by atoms with Crippen LogP contribution in [0.1, 0.15) is 13.3 Å². The number of carbonyl (C=O) groups excluding carboxylic acids is 1. The summed E-state index contributed by atoms with van der Waals surface area (Å²) >= 11 is 11.9. The first-order chi connectivity index (χ1) is 11.0. The van der Waals surface area contributed by atoms with Crippen molar-refractivity contribution >= 4 is 34.8 Å². The summed E-state index contributed by atoms with van der Waals surface area (Å²) in [6, 6.07) is 12.1. The van der Waals surface area contributed by atoms with Gasteiger partial charge >= 0.3 is 0 Å². The van der Waals surface area contributed by atoms with Crippen molar-refractivity contribution in [1.29, 1.82) is 0 Å². The van der Waals surface area contributed by atoms with E-state index in [0.717, 1.165) is 0 Å². The minimum Gasteiger partial charge on any atom is -0.493 e. The first kappa shape index (κ1) is 17.4. The highest BCUT2D eigenvalue weighted by Crippen LogP contribution is 2.29. The van der Waals surface area contributed by atoms with Crippen LogP contribution in [-0.2, 0) is 4.79 Å². The minimum absolute atomic E-state index is 0.289. The Bertz CT molecular complexity index is 691. The van der Waals surface area contributed by atoms with Crippen LogP contribution >= 0.6 is 23.2 Å². The number of rotatable bonds is 6. The van der Waals surface area contributed by atoms with Gasteiger partial charge in [-0.1, -0.05) is 42.3 Å². The zero-order chi connectivity index (χ0) is 16.8. The van der Waals surface area contributed by atoms with Gasteiger partial charge in [-0.3, -0.25) is 4.79 Å². The minimum atomic E-state index is -0.668. The Morgan fingerprint density at radius 2 is 1.87 bits per heavy atom. The lowest BCUT2D eigenvalue weighted by molar-refractivity contribution is -0.122. The Kier molecular flexibility index (Phi) is 6.13. The van der Waals surface area contributed by atoms with Crippen LogP contribution in [0.25, 0.3) is 0 Å². The van der Waals surface area contributed by atoms with Crippen LogP contribution in [0.15, 0.2) is 42.5 Å². The van der Waals surface area contributed by atoms with E-state index in [1.807, 2.05) is 19.1 Å². The van der Waals surface area contributed by atoms with Gasteiger partial charge in [0.05, 0.1) is 17.8 Å². The quantitative estimate of drug-likeness (QED) is 0.811. The highest BCUT2D eigenvalue weighted by Gasteiger charge is 2.21. The van der Waals surface area contributed by atoms with Gasteiger partial charge in [-0.25, -0.2) is 0 Å². The van der Waals surface area contributed by atoms with Gasteiger partial charge in [-0.2, -0.15) is 0 Å². The van der Waals surface area contributed by atoms with Gasteiger partial charge in [0.25, 0.3) is 5.91 Å². The fraction of sp³-hybridized carbons (Fsp3) is 0.235. The number of halogens is 2. The summed E-state index contributed by atoms with van der Waals surface area (Å²) in [5.41, 5.74) is 0.489. The van der Waals surface area contributed by atoms with Gasteiger partial charge in [-0.15, -0.1) is 0 Å². The summed E-state index contributed by atoms with van der Waals surface area (Å²) in [6.45, 7) is 1.86. The summed E-state index contributed by atoms with van der Waals surface area (Å²) in [6.07, 6.45) is -0.173. The Hall–Kier alpha value is -1.91. The summed E-state index contributed by atoms with van der Waals surface area (Å²) in [5.74, 6) is 0.796. The number of amides is 1. The van der Waals surface area contributed by atoms with E-state index in [1.165, 1.54) is 0 Å². The standard InChI is InChI=1S/C17H17Cl2NO3/c1-3-14(23-16-7-5-4-6-15(16)22-2)17(21)20-13-9-8-11(18)10-12(13)19/h4-10,14H,3H2,1-2H3,(H,20,21). The van der Waals surface area contributed by atoms with E-state index in [2.05, 4.69) is 5.32 Å². The topological polar surface area (TPSA) is 47.6 Å². The van der Waals surface area contributed by atoms with Crippen LogP contribution in [0.2, 0.25) is 10.0 Å². The number of nitrogens with one attached hydrogen (secondary N) is 1. The largest absolute Gasteiger partial charge is 0.493 e. The molecule has 0 heterocycles. The Morgan fingerprint density at radius 3 is 2.48 bits per heavy atom. The maximum atomic E-state index is 12.4. The Morgan fingerprint density at radius 1 is 1.17 bits per heavy atom. The molecule has 0 aliphatic heterocycles. The zero-order valence-electron chi connectivity index (χ0n) is 12.8. The molecule has 0 aliphatic carbocycles. The van der Waals surface area contributed by atoms with E-state index >= 15 is 0 Å². The molecule has 0 bridgehead atoms. The molecule has 2 aromatic carbocycles. The third kappa shape index (κ3) is 4.53. The molecule has 4 nitrogen and oxygen atoms in total. The molecule has 0 saturated carbocycles. The van der Waals surface area contributed by atoms with Crippen LogP contribution in [-0.4, -0.2) is 19.1 Å². The van der Waals surface area contributed by atoms with Crippen LogP contribution in [0.4, 0.5) is 5.69 Å². The van der Waals surface area contributed by atoms with E-state index in [-0.39, 0.29) is 5.91 Å². The van der Waals surface area contributed by atoms with Crippen LogP contribution in [0.5, 0.6) is 11.5 Å². The second-order valence-electron chi connectivity index (χ2n) is 4.78. The van der Waals surface area contributed by atoms with Gasteiger partial charge in [0, 0.05) is 5.02 Å². The summed E-state index contributed by atoms with van der Waals surface area (Å²) in [7, 11) is 1.55.